The molecule has 0 atom stereocenters. The first-order valence-corrected chi connectivity index (χ1v) is 5.82. The fourth-order valence-corrected chi connectivity index (χ4v) is 1.33. The first-order valence-electron chi connectivity index (χ1n) is 5.82. The van der Waals surface area contributed by atoms with Gasteiger partial charge in [0.1, 0.15) is 0 Å². The molecule has 2 aliphatic carbocycles. The average Bonchev–Trinajstić information content (AvgIpc) is 3.04. The van der Waals surface area contributed by atoms with Crippen LogP contribution in [0, 0.1) is 63.7 Å². The zero-order chi connectivity index (χ0) is 14.1. The molecule has 0 spiro atoms. The average molecular weight is 316 g/mol. The van der Waals surface area contributed by atoms with Gasteiger partial charge < -0.3 is 9.47 Å². The predicted molar refractivity (Wildman–Crippen MR) is 69.3 cm³/mol. The van der Waals surface area contributed by atoms with Crippen molar-refractivity contribution in [2.24, 2.45) is 0 Å². The third-order valence-corrected chi connectivity index (χ3v) is 2.06. The maximum atomic E-state index is 10.7. The topological polar surface area (TPSA) is 52.6 Å². The molecule has 0 unspecified atom stereocenters. The van der Waals surface area contributed by atoms with Crippen LogP contribution in [-0.2, 0) is 36.1 Å². The molecule has 20 heavy (non-hydrogen) atoms. The van der Waals surface area contributed by atoms with Crippen molar-refractivity contribution in [2.75, 3.05) is 0 Å². The van der Waals surface area contributed by atoms with Crippen molar-refractivity contribution in [3.05, 3.63) is 63.7 Å². The van der Waals surface area contributed by atoms with Crippen LogP contribution in [0.3, 0.4) is 0 Å². The zero-order valence-electron chi connectivity index (χ0n) is 11.3. The predicted octanol–water partition coefficient (Wildman–Crippen LogP) is 1.86. The largest absolute Gasteiger partial charge is 2.00 e. The van der Waals surface area contributed by atoms with Crippen LogP contribution in [-0.4, -0.2) is 18.2 Å². The molecule has 0 N–H and O–H groups in total. The van der Waals surface area contributed by atoms with Crippen LogP contribution < -0.4 is 0 Å². The van der Waals surface area contributed by atoms with Crippen LogP contribution in [0.2, 0.25) is 0 Å². The summed E-state index contributed by atoms with van der Waals surface area (Å²) in [4.78, 5) is 21.4. The summed E-state index contributed by atoms with van der Waals surface area (Å²) in [5.74, 6) is -0.328. The SMILES string of the molecule is CC(=O)OC(OC(C)=O)[C]1[CH][CH][CH][CH]1.[CH]1[CH][CH][CH][CH]1.[Fe+2]. The van der Waals surface area contributed by atoms with Crippen molar-refractivity contribution < 1.29 is 36.1 Å². The third kappa shape index (κ3) is 8.59. The van der Waals surface area contributed by atoms with Gasteiger partial charge in [-0.1, -0.05) is 0 Å². The zero-order valence-corrected chi connectivity index (χ0v) is 12.4. The van der Waals surface area contributed by atoms with E-state index in [1.807, 2.05) is 32.1 Å². The Hall–Kier alpha value is -0.541. The minimum Gasteiger partial charge on any atom is -0.425 e. The van der Waals surface area contributed by atoms with Gasteiger partial charge in [0, 0.05) is 13.8 Å². The van der Waals surface area contributed by atoms with E-state index in [9.17, 15) is 9.59 Å². The van der Waals surface area contributed by atoms with E-state index in [1.165, 1.54) is 13.8 Å². The van der Waals surface area contributed by atoms with Crippen molar-refractivity contribution in [3.63, 3.8) is 0 Å². The molecule has 0 amide bonds. The summed E-state index contributed by atoms with van der Waals surface area (Å²) in [6.07, 6.45) is 16.1. The van der Waals surface area contributed by atoms with Crippen molar-refractivity contribution in [3.8, 4) is 0 Å². The fourth-order valence-electron chi connectivity index (χ4n) is 1.33. The minimum absolute atomic E-state index is 0. The van der Waals surface area contributed by atoms with E-state index >= 15 is 0 Å². The van der Waals surface area contributed by atoms with Crippen LogP contribution in [0.1, 0.15) is 13.8 Å². The molecule has 2 fully saturated rings. The van der Waals surface area contributed by atoms with E-state index < -0.39 is 18.2 Å². The van der Waals surface area contributed by atoms with Gasteiger partial charge in [-0.15, -0.1) is 0 Å². The molecule has 2 rings (SSSR count). The summed E-state index contributed by atoms with van der Waals surface area (Å²) in [6, 6.07) is 0. The number of carbonyl (C=O) groups excluding carboxylic acids is 2. The van der Waals surface area contributed by atoms with Gasteiger partial charge in [0.2, 0.25) is 0 Å². The van der Waals surface area contributed by atoms with Gasteiger partial charge in [-0.3, -0.25) is 9.59 Å². The van der Waals surface area contributed by atoms with E-state index in [2.05, 4.69) is 0 Å². The molecular formula is C15H16FeO4+2. The molecule has 0 aliphatic heterocycles. The number of hydrogen-bond acceptors (Lipinski definition) is 4. The smallest absolute Gasteiger partial charge is 0.425 e. The summed E-state index contributed by atoms with van der Waals surface area (Å²) in [5, 5.41) is 0. The molecule has 5 heteroatoms. The maximum Gasteiger partial charge on any atom is 2.00 e. The van der Waals surface area contributed by atoms with Gasteiger partial charge in [-0.25, -0.2) is 0 Å². The number of carbonyl (C=O) groups is 2. The molecular weight excluding hydrogens is 300 g/mol. The summed E-state index contributed by atoms with van der Waals surface area (Å²) < 4.78 is 9.65. The molecule has 2 aliphatic rings. The molecule has 4 nitrogen and oxygen atoms in total. The standard InChI is InChI=1S/C10H11O4.C5H5.Fe/c1-7(11)13-10(14-8(2)12)9-5-3-4-6-9;1-2-4-5-3-1;/h3-6,10H,1-2H3;1-5H;/q;;+2. The van der Waals surface area contributed by atoms with E-state index in [1.54, 1.807) is 25.7 Å². The monoisotopic (exact) mass is 316 g/mol. The molecule has 0 heterocycles. The van der Waals surface area contributed by atoms with E-state index in [0.29, 0.717) is 5.92 Å². The van der Waals surface area contributed by atoms with Crippen LogP contribution in [0.15, 0.2) is 0 Å². The van der Waals surface area contributed by atoms with Crippen molar-refractivity contribution in [2.45, 2.75) is 20.1 Å². The summed E-state index contributed by atoms with van der Waals surface area (Å²) in [7, 11) is 0. The Morgan fingerprint density at radius 3 is 1.45 bits per heavy atom. The first-order chi connectivity index (χ1) is 9.09. The van der Waals surface area contributed by atoms with E-state index in [-0.39, 0.29) is 17.1 Å². The summed E-state index contributed by atoms with van der Waals surface area (Å²) >= 11 is 0. The van der Waals surface area contributed by atoms with Gasteiger partial charge in [0.15, 0.2) is 0 Å². The Kier molecular flexibility index (Phi) is 10.9. The van der Waals surface area contributed by atoms with Crippen molar-refractivity contribution in [1.29, 1.82) is 0 Å². The van der Waals surface area contributed by atoms with Crippen LogP contribution in [0.25, 0.3) is 0 Å². The molecule has 10 radical (unpaired) electrons. The molecule has 2 saturated carbocycles. The Morgan fingerprint density at radius 1 is 0.800 bits per heavy atom. The fraction of sp³-hybridized carbons (Fsp3) is 0.200. The first kappa shape index (κ1) is 19.5. The number of rotatable bonds is 3. The van der Waals surface area contributed by atoms with Crippen LogP contribution in [0.5, 0.6) is 0 Å². The number of ether oxygens (including phenoxy) is 2. The Labute approximate surface area is 132 Å². The number of hydrogen-bond donors (Lipinski definition) is 0. The van der Waals surface area contributed by atoms with E-state index in [4.69, 9.17) is 9.47 Å². The van der Waals surface area contributed by atoms with Crippen molar-refractivity contribution >= 4 is 11.9 Å². The second-order valence-corrected chi connectivity index (χ2v) is 3.73. The van der Waals surface area contributed by atoms with E-state index in [0.717, 1.165) is 0 Å². The number of esters is 2. The summed E-state index contributed by atoms with van der Waals surface area (Å²) in [6.45, 7) is 2.53. The van der Waals surface area contributed by atoms with Gasteiger partial charge in [-0.05, 0) is 57.8 Å². The Bertz CT molecular complexity index is 260. The normalized spacial score (nSPS) is 17.9. The molecule has 0 aromatic heterocycles. The van der Waals surface area contributed by atoms with Gasteiger partial charge in [-0.2, -0.15) is 0 Å². The molecule has 0 aromatic rings. The maximum absolute atomic E-state index is 10.7. The van der Waals surface area contributed by atoms with Gasteiger partial charge in [0.25, 0.3) is 6.29 Å². The van der Waals surface area contributed by atoms with Gasteiger partial charge in [0.05, 0.1) is 5.92 Å². The quantitative estimate of drug-likeness (QED) is 0.453. The minimum atomic E-state index is -0.931. The molecule has 106 valence electrons. The van der Waals surface area contributed by atoms with Crippen LogP contribution >= 0.6 is 0 Å². The van der Waals surface area contributed by atoms with Crippen molar-refractivity contribution in [1.82, 2.24) is 0 Å². The molecule has 0 bridgehead atoms. The molecule has 0 saturated heterocycles. The Balaban J connectivity index is 0.000000507. The van der Waals surface area contributed by atoms with Crippen LogP contribution in [0.4, 0.5) is 0 Å². The molecule has 0 aromatic carbocycles. The van der Waals surface area contributed by atoms with Gasteiger partial charge >= 0.3 is 29.0 Å². The Morgan fingerprint density at radius 2 is 1.15 bits per heavy atom. The second kappa shape index (κ2) is 11.2. The third-order valence-electron chi connectivity index (χ3n) is 2.06. The summed E-state index contributed by atoms with van der Waals surface area (Å²) in [5.41, 5.74) is 0. The second-order valence-electron chi connectivity index (χ2n) is 3.73.